The highest BCUT2D eigenvalue weighted by molar-refractivity contribution is 5.31. The fraction of sp³-hybridized carbons (Fsp3) is 0.714. The molecule has 3 heteroatoms. The van der Waals surface area contributed by atoms with Gasteiger partial charge < -0.3 is 4.90 Å². The number of anilines is 1. The lowest BCUT2D eigenvalue weighted by Crippen LogP contribution is -2.40. The molecule has 1 atom stereocenters. The van der Waals surface area contributed by atoms with Gasteiger partial charge in [0.05, 0.1) is 0 Å². The van der Waals surface area contributed by atoms with Crippen LogP contribution in [0.2, 0.25) is 0 Å². The standard InChI is InChI=1S/C14H23N3/c1-12(2)7-8-13-6-3-4-11-17(13)14-15-9-5-10-16-14/h5,9-10,12-13H,3-4,6-8,11H2,1-2H3. The third-order valence-electron chi connectivity index (χ3n) is 3.51. The topological polar surface area (TPSA) is 29.0 Å². The first-order valence-electron chi connectivity index (χ1n) is 6.81. The van der Waals surface area contributed by atoms with Crippen molar-refractivity contribution in [2.75, 3.05) is 11.4 Å². The summed E-state index contributed by atoms with van der Waals surface area (Å²) in [6.07, 6.45) is 10.2. The number of hydrogen-bond donors (Lipinski definition) is 0. The average molecular weight is 233 g/mol. The van der Waals surface area contributed by atoms with E-state index >= 15 is 0 Å². The highest BCUT2D eigenvalue weighted by atomic mass is 15.3. The summed E-state index contributed by atoms with van der Waals surface area (Å²) < 4.78 is 0. The maximum absolute atomic E-state index is 4.39. The maximum Gasteiger partial charge on any atom is 0.225 e. The molecule has 1 saturated heterocycles. The van der Waals surface area contributed by atoms with E-state index in [-0.39, 0.29) is 0 Å². The fourth-order valence-electron chi connectivity index (χ4n) is 2.53. The molecule has 0 radical (unpaired) electrons. The zero-order valence-electron chi connectivity index (χ0n) is 11.0. The van der Waals surface area contributed by atoms with Gasteiger partial charge in [-0.05, 0) is 44.1 Å². The van der Waals surface area contributed by atoms with Crippen molar-refractivity contribution in [2.45, 2.75) is 52.0 Å². The van der Waals surface area contributed by atoms with E-state index in [9.17, 15) is 0 Å². The molecular formula is C14H23N3. The number of piperidine rings is 1. The molecule has 2 rings (SSSR count). The first-order chi connectivity index (χ1) is 8.27. The number of hydrogen-bond acceptors (Lipinski definition) is 3. The lowest BCUT2D eigenvalue weighted by atomic mass is 9.95. The summed E-state index contributed by atoms with van der Waals surface area (Å²) >= 11 is 0. The molecule has 0 amide bonds. The van der Waals surface area contributed by atoms with Crippen LogP contribution in [0.3, 0.4) is 0 Å². The van der Waals surface area contributed by atoms with Crippen molar-refractivity contribution in [3.8, 4) is 0 Å². The van der Waals surface area contributed by atoms with Crippen molar-refractivity contribution in [3.05, 3.63) is 18.5 Å². The molecule has 2 heterocycles. The Bertz CT molecular complexity index is 323. The molecule has 1 fully saturated rings. The second-order valence-corrected chi connectivity index (χ2v) is 5.36. The normalized spacial score (nSPS) is 20.9. The van der Waals surface area contributed by atoms with Crippen molar-refractivity contribution < 1.29 is 0 Å². The van der Waals surface area contributed by atoms with E-state index in [0.717, 1.165) is 18.4 Å². The SMILES string of the molecule is CC(C)CCC1CCCCN1c1ncccn1. The van der Waals surface area contributed by atoms with Gasteiger partial charge in [-0.15, -0.1) is 0 Å². The first kappa shape index (κ1) is 12.3. The molecule has 1 aromatic rings. The number of nitrogens with zero attached hydrogens (tertiary/aromatic N) is 3. The van der Waals surface area contributed by atoms with Crippen molar-refractivity contribution in [1.29, 1.82) is 0 Å². The number of rotatable bonds is 4. The molecule has 94 valence electrons. The second-order valence-electron chi connectivity index (χ2n) is 5.36. The molecule has 0 bridgehead atoms. The Kier molecular flexibility index (Phi) is 4.35. The molecule has 0 saturated carbocycles. The molecular weight excluding hydrogens is 210 g/mol. The van der Waals surface area contributed by atoms with Crippen molar-refractivity contribution in [2.24, 2.45) is 5.92 Å². The second kappa shape index (κ2) is 5.99. The third-order valence-corrected chi connectivity index (χ3v) is 3.51. The van der Waals surface area contributed by atoms with Crippen LogP contribution in [0.15, 0.2) is 18.5 Å². The Hall–Kier alpha value is -1.12. The maximum atomic E-state index is 4.39. The van der Waals surface area contributed by atoms with E-state index in [1.54, 1.807) is 0 Å². The molecule has 0 spiro atoms. The average Bonchev–Trinajstić information content (AvgIpc) is 2.38. The lowest BCUT2D eigenvalue weighted by Gasteiger charge is -2.36. The van der Waals surface area contributed by atoms with Crippen LogP contribution >= 0.6 is 0 Å². The van der Waals surface area contributed by atoms with Gasteiger partial charge in [0.15, 0.2) is 0 Å². The van der Waals surface area contributed by atoms with Crippen LogP contribution in [0, 0.1) is 5.92 Å². The van der Waals surface area contributed by atoms with Gasteiger partial charge in [0.2, 0.25) is 5.95 Å². The molecule has 0 aliphatic carbocycles. The van der Waals surface area contributed by atoms with E-state index in [1.807, 2.05) is 18.5 Å². The summed E-state index contributed by atoms with van der Waals surface area (Å²) in [4.78, 5) is 11.2. The van der Waals surface area contributed by atoms with Crippen LogP contribution in [0.5, 0.6) is 0 Å². The Balaban J connectivity index is 2.02. The summed E-state index contributed by atoms with van der Waals surface area (Å²) in [5.41, 5.74) is 0. The van der Waals surface area contributed by atoms with Crippen LogP contribution in [0.1, 0.15) is 46.0 Å². The van der Waals surface area contributed by atoms with E-state index in [4.69, 9.17) is 0 Å². The Morgan fingerprint density at radius 1 is 1.29 bits per heavy atom. The smallest absolute Gasteiger partial charge is 0.225 e. The van der Waals surface area contributed by atoms with E-state index in [0.29, 0.717) is 6.04 Å². The molecule has 0 N–H and O–H groups in total. The predicted molar refractivity (Wildman–Crippen MR) is 71.1 cm³/mol. The van der Waals surface area contributed by atoms with E-state index < -0.39 is 0 Å². The highest BCUT2D eigenvalue weighted by Gasteiger charge is 2.24. The van der Waals surface area contributed by atoms with Crippen molar-refractivity contribution in [1.82, 2.24) is 9.97 Å². The molecule has 1 unspecified atom stereocenters. The molecule has 1 aliphatic heterocycles. The summed E-state index contributed by atoms with van der Waals surface area (Å²) in [7, 11) is 0. The zero-order valence-corrected chi connectivity index (χ0v) is 11.0. The zero-order chi connectivity index (χ0) is 12.1. The van der Waals surface area contributed by atoms with Gasteiger partial charge in [0.25, 0.3) is 0 Å². The molecule has 1 aliphatic rings. The highest BCUT2D eigenvalue weighted by Crippen LogP contribution is 2.25. The first-order valence-corrected chi connectivity index (χ1v) is 6.81. The minimum absolute atomic E-state index is 0.647. The van der Waals surface area contributed by atoms with E-state index in [2.05, 4.69) is 28.7 Å². The third kappa shape index (κ3) is 3.42. The number of aromatic nitrogens is 2. The molecule has 0 aromatic carbocycles. The Morgan fingerprint density at radius 3 is 2.76 bits per heavy atom. The van der Waals surface area contributed by atoms with Crippen LogP contribution in [-0.4, -0.2) is 22.6 Å². The monoisotopic (exact) mass is 233 g/mol. The van der Waals surface area contributed by atoms with Gasteiger partial charge in [-0.1, -0.05) is 13.8 Å². The van der Waals surface area contributed by atoms with E-state index in [1.165, 1.54) is 32.1 Å². The van der Waals surface area contributed by atoms with Crippen LogP contribution < -0.4 is 4.90 Å². The van der Waals surface area contributed by atoms with Crippen molar-refractivity contribution in [3.63, 3.8) is 0 Å². The van der Waals surface area contributed by atoms with Gasteiger partial charge in [0, 0.05) is 25.0 Å². The van der Waals surface area contributed by atoms with Gasteiger partial charge in [-0.2, -0.15) is 0 Å². The minimum Gasteiger partial charge on any atom is -0.338 e. The van der Waals surface area contributed by atoms with Gasteiger partial charge in [-0.3, -0.25) is 0 Å². The summed E-state index contributed by atoms with van der Waals surface area (Å²) in [5, 5.41) is 0. The summed E-state index contributed by atoms with van der Waals surface area (Å²) in [6.45, 7) is 5.71. The predicted octanol–water partition coefficient (Wildman–Crippen LogP) is 3.27. The Morgan fingerprint density at radius 2 is 2.06 bits per heavy atom. The van der Waals surface area contributed by atoms with Crippen LogP contribution in [0.4, 0.5) is 5.95 Å². The minimum atomic E-state index is 0.647. The van der Waals surface area contributed by atoms with Gasteiger partial charge in [0.1, 0.15) is 0 Å². The quantitative estimate of drug-likeness (QED) is 0.799. The largest absolute Gasteiger partial charge is 0.338 e. The van der Waals surface area contributed by atoms with Gasteiger partial charge in [-0.25, -0.2) is 9.97 Å². The fourth-order valence-corrected chi connectivity index (χ4v) is 2.53. The van der Waals surface area contributed by atoms with Crippen molar-refractivity contribution >= 4 is 5.95 Å². The summed E-state index contributed by atoms with van der Waals surface area (Å²) in [5.74, 6) is 1.71. The molecule has 17 heavy (non-hydrogen) atoms. The Labute approximate surface area is 104 Å². The molecule has 3 nitrogen and oxygen atoms in total. The lowest BCUT2D eigenvalue weighted by molar-refractivity contribution is 0.399. The van der Waals surface area contributed by atoms with Gasteiger partial charge >= 0.3 is 0 Å². The van der Waals surface area contributed by atoms with Crippen LogP contribution in [0.25, 0.3) is 0 Å². The van der Waals surface area contributed by atoms with Crippen LogP contribution in [-0.2, 0) is 0 Å². The summed E-state index contributed by atoms with van der Waals surface area (Å²) in [6, 6.07) is 2.53. The molecule has 1 aromatic heterocycles.